The zero-order valence-corrected chi connectivity index (χ0v) is 16.1. The molecule has 5 nitrogen and oxygen atoms in total. The zero-order chi connectivity index (χ0) is 19.5. The van der Waals surface area contributed by atoms with Crippen LogP contribution in [0.1, 0.15) is 60.2 Å². The summed E-state index contributed by atoms with van der Waals surface area (Å²) in [6, 6.07) is 14.0. The smallest absolute Gasteiger partial charge is 0.255 e. The third-order valence-corrected chi connectivity index (χ3v) is 4.08. The van der Waals surface area contributed by atoms with Crippen molar-refractivity contribution in [1.82, 2.24) is 5.32 Å². The van der Waals surface area contributed by atoms with Crippen LogP contribution in [0, 0.1) is 0 Å². The van der Waals surface area contributed by atoms with Gasteiger partial charge in [-0.25, -0.2) is 0 Å². The minimum absolute atomic E-state index is 0.0988. The Morgan fingerprint density at radius 3 is 2.33 bits per heavy atom. The number of rotatable bonds is 10. The van der Waals surface area contributed by atoms with Gasteiger partial charge in [0.1, 0.15) is 5.75 Å². The lowest BCUT2D eigenvalue weighted by Gasteiger charge is -2.09. The van der Waals surface area contributed by atoms with Gasteiger partial charge in [0, 0.05) is 23.4 Å². The second-order valence-electron chi connectivity index (χ2n) is 6.37. The number of ether oxygens (including phenoxy) is 1. The molecule has 0 spiro atoms. The first-order chi connectivity index (χ1) is 13.1. The van der Waals surface area contributed by atoms with Crippen LogP contribution >= 0.6 is 0 Å². The van der Waals surface area contributed by atoms with Crippen molar-refractivity contribution in [1.29, 1.82) is 0 Å². The highest BCUT2D eigenvalue weighted by Crippen LogP contribution is 2.16. The van der Waals surface area contributed by atoms with Gasteiger partial charge in [-0.2, -0.15) is 0 Å². The summed E-state index contributed by atoms with van der Waals surface area (Å²) < 4.78 is 5.65. The van der Waals surface area contributed by atoms with Gasteiger partial charge in [-0.05, 0) is 55.3 Å². The normalized spacial score (nSPS) is 10.3. The predicted octanol–water partition coefficient (Wildman–Crippen LogP) is 4.65. The van der Waals surface area contributed by atoms with Gasteiger partial charge >= 0.3 is 0 Å². The molecule has 0 saturated heterocycles. The van der Waals surface area contributed by atoms with Gasteiger partial charge in [0.15, 0.2) is 0 Å². The lowest BCUT2D eigenvalue weighted by molar-refractivity contribution is 0.0952. The van der Waals surface area contributed by atoms with Crippen LogP contribution < -0.4 is 15.4 Å². The number of carbonyl (C=O) groups excluding carboxylic acids is 2. The van der Waals surface area contributed by atoms with Crippen molar-refractivity contribution in [2.75, 3.05) is 18.5 Å². The summed E-state index contributed by atoms with van der Waals surface area (Å²) in [5.74, 6) is 0.379. The van der Waals surface area contributed by atoms with E-state index in [-0.39, 0.29) is 11.8 Å². The van der Waals surface area contributed by atoms with Crippen LogP contribution in [-0.2, 0) is 0 Å². The summed E-state index contributed by atoms with van der Waals surface area (Å²) in [4.78, 5) is 24.5. The number of amides is 2. The molecule has 2 aromatic rings. The molecule has 2 rings (SSSR count). The molecule has 5 heteroatoms. The van der Waals surface area contributed by atoms with Crippen LogP contribution in [0.25, 0.3) is 0 Å². The summed E-state index contributed by atoms with van der Waals surface area (Å²) in [6.45, 7) is 5.50. The number of hydrogen-bond donors (Lipinski definition) is 2. The van der Waals surface area contributed by atoms with E-state index in [0.717, 1.165) is 25.7 Å². The molecule has 0 bridgehead atoms. The third-order valence-electron chi connectivity index (χ3n) is 4.08. The van der Waals surface area contributed by atoms with Crippen molar-refractivity contribution in [2.45, 2.75) is 39.5 Å². The fourth-order valence-electron chi connectivity index (χ4n) is 2.45. The fourth-order valence-corrected chi connectivity index (χ4v) is 2.45. The monoisotopic (exact) mass is 368 g/mol. The summed E-state index contributed by atoms with van der Waals surface area (Å²) in [7, 11) is 0. The van der Waals surface area contributed by atoms with Gasteiger partial charge in [-0.1, -0.05) is 32.8 Å². The van der Waals surface area contributed by atoms with Gasteiger partial charge in [-0.15, -0.1) is 0 Å². The first-order valence-corrected chi connectivity index (χ1v) is 9.56. The average molecular weight is 368 g/mol. The molecule has 0 aliphatic heterocycles. The first-order valence-electron chi connectivity index (χ1n) is 9.56. The zero-order valence-electron chi connectivity index (χ0n) is 16.1. The van der Waals surface area contributed by atoms with E-state index in [1.54, 1.807) is 42.5 Å². The van der Waals surface area contributed by atoms with Crippen molar-refractivity contribution in [3.63, 3.8) is 0 Å². The van der Waals surface area contributed by atoms with Crippen LogP contribution in [0.15, 0.2) is 48.5 Å². The Bertz CT molecular complexity index is 741. The molecule has 2 amide bonds. The van der Waals surface area contributed by atoms with E-state index in [9.17, 15) is 9.59 Å². The van der Waals surface area contributed by atoms with Gasteiger partial charge in [0.25, 0.3) is 11.8 Å². The Kier molecular flexibility index (Phi) is 8.36. The lowest BCUT2D eigenvalue weighted by Crippen LogP contribution is -2.24. The van der Waals surface area contributed by atoms with Crippen molar-refractivity contribution in [3.05, 3.63) is 59.7 Å². The number of unbranched alkanes of at least 4 members (excludes halogenated alkanes) is 2. The first kappa shape index (κ1) is 20.5. The Balaban J connectivity index is 1.93. The maximum Gasteiger partial charge on any atom is 0.255 e. The molecule has 0 heterocycles. The van der Waals surface area contributed by atoms with E-state index in [4.69, 9.17) is 4.74 Å². The molecule has 27 heavy (non-hydrogen) atoms. The van der Waals surface area contributed by atoms with Gasteiger partial charge in [0.05, 0.1) is 6.61 Å². The van der Waals surface area contributed by atoms with Gasteiger partial charge in [-0.3, -0.25) is 9.59 Å². The molecular formula is C22H28N2O3. The second-order valence-corrected chi connectivity index (χ2v) is 6.37. The molecule has 2 N–H and O–H groups in total. The molecule has 144 valence electrons. The number of nitrogens with one attached hydrogen (secondary N) is 2. The SMILES string of the molecule is CCCCNC(=O)c1ccc(NC(=O)c2cccc(OCCCC)c2)cc1. The minimum Gasteiger partial charge on any atom is -0.494 e. The van der Waals surface area contributed by atoms with Crippen LogP contribution in [0.2, 0.25) is 0 Å². The van der Waals surface area contributed by atoms with E-state index in [2.05, 4.69) is 24.5 Å². The molecule has 0 aromatic heterocycles. The lowest BCUT2D eigenvalue weighted by atomic mass is 10.1. The highest BCUT2D eigenvalue weighted by atomic mass is 16.5. The van der Waals surface area contributed by atoms with Crippen LogP contribution in [0.3, 0.4) is 0 Å². The number of anilines is 1. The van der Waals surface area contributed by atoms with Crippen molar-refractivity contribution in [2.24, 2.45) is 0 Å². The average Bonchev–Trinajstić information content (AvgIpc) is 2.69. The van der Waals surface area contributed by atoms with E-state index >= 15 is 0 Å². The van der Waals surface area contributed by atoms with Crippen molar-refractivity contribution >= 4 is 17.5 Å². The van der Waals surface area contributed by atoms with Crippen LogP contribution in [-0.4, -0.2) is 25.0 Å². The Morgan fingerprint density at radius 2 is 1.63 bits per heavy atom. The molecule has 0 aliphatic carbocycles. The Hall–Kier alpha value is -2.82. The van der Waals surface area contributed by atoms with E-state index < -0.39 is 0 Å². The molecular weight excluding hydrogens is 340 g/mol. The van der Waals surface area contributed by atoms with E-state index in [1.165, 1.54) is 0 Å². The minimum atomic E-state index is -0.212. The molecule has 0 atom stereocenters. The quantitative estimate of drug-likeness (QED) is 0.600. The summed E-state index contributed by atoms with van der Waals surface area (Å²) >= 11 is 0. The highest BCUT2D eigenvalue weighted by molar-refractivity contribution is 6.04. The Labute approximate surface area is 161 Å². The van der Waals surface area contributed by atoms with Crippen LogP contribution in [0.4, 0.5) is 5.69 Å². The second kappa shape index (κ2) is 11.0. The molecule has 0 fully saturated rings. The maximum atomic E-state index is 12.4. The summed E-state index contributed by atoms with van der Waals surface area (Å²) in [6.07, 6.45) is 4.04. The van der Waals surface area contributed by atoms with Crippen molar-refractivity contribution < 1.29 is 14.3 Å². The fraction of sp³-hybridized carbons (Fsp3) is 0.364. The third kappa shape index (κ3) is 6.77. The van der Waals surface area contributed by atoms with Crippen LogP contribution in [0.5, 0.6) is 5.75 Å². The summed E-state index contributed by atoms with van der Waals surface area (Å²) in [5.41, 5.74) is 1.75. The largest absolute Gasteiger partial charge is 0.494 e. The van der Waals surface area contributed by atoms with Crippen molar-refractivity contribution in [3.8, 4) is 5.75 Å². The van der Waals surface area contributed by atoms with Gasteiger partial charge in [0.2, 0.25) is 0 Å². The molecule has 0 unspecified atom stereocenters. The van der Waals surface area contributed by atoms with E-state index in [0.29, 0.717) is 35.7 Å². The Morgan fingerprint density at radius 1 is 0.889 bits per heavy atom. The van der Waals surface area contributed by atoms with E-state index in [1.807, 2.05) is 6.07 Å². The predicted molar refractivity (Wildman–Crippen MR) is 108 cm³/mol. The molecule has 2 aromatic carbocycles. The number of benzene rings is 2. The standard InChI is InChI=1S/C22H28N2O3/c1-3-5-14-23-21(25)17-10-12-19(13-11-17)24-22(26)18-8-7-9-20(16-18)27-15-6-4-2/h7-13,16H,3-6,14-15H2,1-2H3,(H,23,25)(H,24,26). The molecule has 0 radical (unpaired) electrons. The maximum absolute atomic E-state index is 12.4. The highest BCUT2D eigenvalue weighted by Gasteiger charge is 2.09. The summed E-state index contributed by atoms with van der Waals surface area (Å²) in [5, 5.41) is 5.72. The molecule has 0 aliphatic rings. The van der Waals surface area contributed by atoms with Gasteiger partial charge < -0.3 is 15.4 Å². The number of hydrogen-bond acceptors (Lipinski definition) is 3. The topological polar surface area (TPSA) is 67.4 Å². The molecule has 0 saturated carbocycles. The number of carbonyl (C=O) groups is 2.